The fourth-order valence-corrected chi connectivity index (χ4v) is 4.77. The summed E-state index contributed by atoms with van der Waals surface area (Å²) in [5.41, 5.74) is 11.9. The molecule has 0 aliphatic heterocycles. The lowest BCUT2D eigenvalue weighted by atomic mass is 9.92. The van der Waals surface area contributed by atoms with Gasteiger partial charge in [-0.05, 0) is 76.6 Å². The summed E-state index contributed by atoms with van der Waals surface area (Å²) in [5, 5.41) is 0. The summed E-state index contributed by atoms with van der Waals surface area (Å²) in [6, 6.07) is 35.5. The van der Waals surface area contributed by atoms with E-state index in [9.17, 15) is 0 Å². The maximum absolute atomic E-state index is 2.34. The Hall–Kier alpha value is -3.12. The number of hydrogen-bond acceptors (Lipinski definition) is 0. The van der Waals surface area contributed by atoms with Gasteiger partial charge in [-0.2, -0.15) is 0 Å². The smallest absolute Gasteiger partial charge is 0.00201 e. The van der Waals surface area contributed by atoms with Crippen molar-refractivity contribution < 1.29 is 0 Å². The maximum atomic E-state index is 2.34. The third-order valence-electron chi connectivity index (χ3n) is 6.22. The first kappa shape index (κ1) is 17.9. The first-order valence-electron chi connectivity index (χ1n) is 10.6. The second-order valence-electron chi connectivity index (χ2n) is 8.11. The van der Waals surface area contributed by atoms with Crippen molar-refractivity contribution in [1.82, 2.24) is 0 Å². The zero-order valence-electron chi connectivity index (χ0n) is 16.8. The highest BCUT2D eigenvalue weighted by atomic mass is 14.2. The van der Waals surface area contributed by atoms with Crippen LogP contribution < -0.4 is 0 Å². The van der Waals surface area contributed by atoms with Gasteiger partial charge < -0.3 is 0 Å². The van der Waals surface area contributed by atoms with E-state index in [1.54, 1.807) is 11.1 Å². The van der Waals surface area contributed by atoms with Crippen molar-refractivity contribution >= 4 is 0 Å². The molecule has 4 aromatic carbocycles. The van der Waals surface area contributed by atoms with Crippen LogP contribution in [-0.2, 0) is 32.1 Å². The second kappa shape index (κ2) is 8.09. The molecule has 142 valence electrons. The summed E-state index contributed by atoms with van der Waals surface area (Å²) in [6.45, 7) is 0. The SMILES string of the molecule is c1ccc(Cc2cccc3c2CCc2c(Cc4ccccc4)cccc2C3)cc1. The van der Waals surface area contributed by atoms with Crippen molar-refractivity contribution in [1.29, 1.82) is 0 Å². The van der Waals surface area contributed by atoms with Gasteiger partial charge in [0.05, 0.1) is 0 Å². The predicted molar refractivity (Wildman–Crippen MR) is 122 cm³/mol. The topological polar surface area (TPSA) is 0 Å². The highest BCUT2D eigenvalue weighted by Gasteiger charge is 2.18. The number of rotatable bonds is 4. The quantitative estimate of drug-likeness (QED) is 0.379. The normalized spacial score (nSPS) is 12.7. The van der Waals surface area contributed by atoms with E-state index in [1.165, 1.54) is 33.4 Å². The van der Waals surface area contributed by atoms with Crippen LogP contribution in [0.15, 0.2) is 97.1 Å². The predicted octanol–water partition coefficient (Wildman–Crippen LogP) is 6.56. The Bertz CT molecular complexity index is 1020. The van der Waals surface area contributed by atoms with Gasteiger partial charge in [-0.1, -0.05) is 97.1 Å². The lowest BCUT2D eigenvalue weighted by Crippen LogP contribution is -2.01. The van der Waals surface area contributed by atoms with Crippen molar-refractivity contribution in [3.8, 4) is 0 Å². The van der Waals surface area contributed by atoms with E-state index in [0.29, 0.717) is 0 Å². The molecule has 0 heteroatoms. The minimum atomic E-state index is 1.03. The van der Waals surface area contributed by atoms with Crippen LogP contribution in [-0.4, -0.2) is 0 Å². The summed E-state index contributed by atoms with van der Waals surface area (Å²) in [5.74, 6) is 0. The summed E-state index contributed by atoms with van der Waals surface area (Å²) in [4.78, 5) is 0. The average Bonchev–Trinajstić information content (AvgIpc) is 2.96. The van der Waals surface area contributed by atoms with Gasteiger partial charge in [-0.15, -0.1) is 0 Å². The van der Waals surface area contributed by atoms with E-state index in [2.05, 4.69) is 97.1 Å². The molecule has 5 rings (SSSR count). The Morgan fingerprint density at radius 2 is 0.897 bits per heavy atom. The van der Waals surface area contributed by atoms with E-state index in [1.807, 2.05) is 0 Å². The summed E-state index contributed by atoms with van der Waals surface area (Å²) < 4.78 is 0. The molecule has 0 radical (unpaired) electrons. The van der Waals surface area contributed by atoms with E-state index in [-0.39, 0.29) is 0 Å². The lowest BCUT2D eigenvalue weighted by molar-refractivity contribution is 0.924. The molecule has 0 unspecified atom stereocenters. The van der Waals surface area contributed by atoms with Gasteiger partial charge in [0.1, 0.15) is 0 Å². The zero-order chi connectivity index (χ0) is 19.5. The summed E-state index contributed by atoms with van der Waals surface area (Å²) >= 11 is 0. The van der Waals surface area contributed by atoms with Crippen molar-refractivity contribution in [2.24, 2.45) is 0 Å². The van der Waals surface area contributed by atoms with Crippen molar-refractivity contribution in [2.75, 3.05) is 0 Å². The molecule has 0 bridgehead atoms. The molecule has 0 atom stereocenters. The highest BCUT2D eigenvalue weighted by molar-refractivity contribution is 5.48. The summed E-state index contributed by atoms with van der Waals surface area (Å²) in [7, 11) is 0. The molecular formula is C29H26. The number of hydrogen-bond donors (Lipinski definition) is 0. The van der Waals surface area contributed by atoms with Crippen LogP contribution in [0.2, 0.25) is 0 Å². The molecule has 0 saturated heterocycles. The minimum Gasteiger partial charge on any atom is -0.0622 e. The first-order valence-corrected chi connectivity index (χ1v) is 10.6. The molecule has 4 aromatic rings. The van der Waals surface area contributed by atoms with Crippen LogP contribution >= 0.6 is 0 Å². The van der Waals surface area contributed by atoms with E-state index in [0.717, 1.165) is 32.1 Å². The zero-order valence-corrected chi connectivity index (χ0v) is 16.8. The molecule has 0 nitrogen and oxygen atoms in total. The van der Waals surface area contributed by atoms with Crippen LogP contribution in [0.3, 0.4) is 0 Å². The van der Waals surface area contributed by atoms with Crippen LogP contribution in [0.25, 0.3) is 0 Å². The molecule has 1 aliphatic carbocycles. The molecule has 0 saturated carbocycles. The lowest BCUT2D eigenvalue weighted by Gasteiger charge is -2.12. The summed E-state index contributed by atoms with van der Waals surface area (Å²) in [6.07, 6.45) is 5.37. The average molecular weight is 375 g/mol. The fourth-order valence-electron chi connectivity index (χ4n) is 4.77. The Morgan fingerprint density at radius 1 is 0.448 bits per heavy atom. The third kappa shape index (κ3) is 3.89. The molecule has 29 heavy (non-hydrogen) atoms. The number of benzene rings is 4. The Morgan fingerprint density at radius 3 is 1.34 bits per heavy atom. The molecule has 0 fully saturated rings. The van der Waals surface area contributed by atoms with Gasteiger partial charge in [0, 0.05) is 0 Å². The minimum absolute atomic E-state index is 1.03. The molecule has 0 amide bonds. The Kier molecular flexibility index (Phi) is 5.01. The maximum Gasteiger partial charge on any atom is -0.00201 e. The molecular weight excluding hydrogens is 348 g/mol. The first-order chi connectivity index (χ1) is 14.4. The van der Waals surface area contributed by atoms with Crippen LogP contribution in [0.5, 0.6) is 0 Å². The molecule has 0 aromatic heterocycles. The van der Waals surface area contributed by atoms with Gasteiger partial charge in [0.25, 0.3) is 0 Å². The van der Waals surface area contributed by atoms with Crippen molar-refractivity contribution in [3.63, 3.8) is 0 Å². The standard InChI is InChI=1S/C29H26/c1-3-9-22(10-4-1)19-24-13-7-15-26-21-27-16-8-14-25(29(27)18-17-28(24)26)20-23-11-5-2-6-12-23/h1-16H,17-21H2. The van der Waals surface area contributed by atoms with Gasteiger partial charge in [-0.3, -0.25) is 0 Å². The van der Waals surface area contributed by atoms with Crippen molar-refractivity contribution in [3.05, 3.63) is 142 Å². The van der Waals surface area contributed by atoms with Gasteiger partial charge >= 0.3 is 0 Å². The third-order valence-corrected chi connectivity index (χ3v) is 6.22. The van der Waals surface area contributed by atoms with E-state index >= 15 is 0 Å². The van der Waals surface area contributed by atoms with E-state index < -0.39 is 0 Å². The Labute approximate surface area is 173 Å². The largest absolute Gasteiger partial charge is 0.0622 e. The van der Waals surface area contributed by atoms with Crippen LogP contribution in [0, 0.1) is 0 Å². The number of fused-ring (bicyclic) bond motifs is 2. The molecule has 0 spiro atoms. The molecule has 0 N–H and O–H groups in total. The van der Waals surface area contributed by atoms with Crippen LogP contribution in [0.1, 0.15) is 44.5 Å². The van der Waals surface area contributed by atoms with Gasteiger partial charge in [-0.25, -0.2) is 0 Å². The second-order valence-corrected chi connectivity index (χ2v) is 8.11. The van der Waals surface area contributed by atoms with Gasteiger partial charge in [0.15, 0.2) is 0 Å². The van der Waals surface area contributed by atoms with Crippen molar-refractivity contribution in [2.45, 2.75) is 32.1 Å². The van der Waals surface area contributed by atoms with Gasteiger partial charge in [0.2, 0.25) is 0 Å². The molecule has 1 aliphatic rings. The Balaban J connectivity index is 1.47. The molecule has 0 heterocycles. The monoisotopic (exact) mass is 374 g/mol. The van der Waals surface area contributed by atoms with E-state index in [4.69, 9.17) is 0 Å². The highest BCUT2D eigenvalue weighted by Crippen LogP contribution is 2.30. The van der Waals surface area contributed by atoms with Crippen LogP contribution in [0.4, 0.5) is 0 Å². The fraction of sp³-hybridized carbons (Fsp3) is 0.172.